The van der Waals surface area contributed by atoms with Crippen LogP contribution in [0.4, 0.5) is 10.1 Å². The summed E-state index contributed by atoms with van der Waals surface area (Å²) in [5, 5.41) is 5.96. The minimum absolute atomic E-state index is 0.0560. The number of halogens is 1. The predicted molar refractivity (Wildman–Crippen MR) is 96.5 cm³/mol. The van der Waals surface area contributed by atoms with Crippen LogP contribution in [0.25, 0.3) is 0 Å². The molecule has 1 amide bonds. The smallest absolute Gasteiger partial charge is 0.225 e. The molecule has 0 bridgehead atoms. The number of rotatable bonds is 6. The molecule has 0 saturated carbocycles. The zero-order chi connectivity index (χ0) is 17.6. The summed E-state index contributed by atoms with van der Waals surface area (Å²) in [5.74, 6) is -0.284. The Morgan fingerprint density at radius 2 is 1.71 bits per heavy atom. The minimum atomic E-state index is -0.228. The van der Waals surface area contributed by atoms with Gasteiger partial charge in [0.05, 0.1) is 0 Å². The van der Waals surface area contributed by atoms with Crippen molar-refractivity contribution in [2.75, 3.05) is 11.9 Å². The van der Waals surface area contributed by atoms with Gasteiger partial charge in [-0.25, -0.2) is 4.39 Å². The van der Waals surface area contributed by atoms with Gasteiger partial charge in [0.15, 0.2) is 0 Å². The van der Waals surface area contributed by atoms with E-state index in [1.165, 1.54) is 11.6 Å². The molecule has 0 saturated heterocycles. The van der Waals surface area contributed by atoms with Crippen molar-refractivity contribution in [1.82, 2.24) is 5.32 Å². The lowest BCUT2D eigenvalue weighted by molar-refractivity contribution is -0.116. The van der Waals surface area contributed by atoms with Gasteiger partial charge >= 0.3 is 0 Å². The second kappa shape index (κ2) is 8.06. The van der Waals surface area contributed by atoms with E-state index in [-0.39, 0.29) is 17.1 Å². The molecule has 2 N–H and O–H groups in total. The number of nitrogens with one attached hydrogen (secondary N) is 2. The first kappa shape index (κ1) is 18.1. The number of hydrogen-bond acceptors (Lipinski definition) is 2. The Balaban J connectivity index is 1.74. The fourth-order valence-electron chi connectivity index (χ4n) is 2.34. The van der Waals surface area contributed by atoms with Gasteiger partial charge in [-0.15, -0.1) is 0 Å². The van der Waals surface area contributed by atoms with Crippen molar-refractivity contribution in [1.29, 1.82) is 0 Å². The number of anilines is 1. The monoisotopic (exact) mass is 328 g/mol. The van der Waals surface area contributed by atoms with E-state index < -0.39 is 0 Å². The van der Waals surface area contributed by atoms with Gasteiger partial charge in [-0.05, 0) is 29.2 Å². The molecule has 0 atom stereocenters. The van der Waals surface area contributed by atoms with E-state index in [0.29, 0.717) is 25.1 Å². The number of amides is 1. The van der Waals surface area contributed by atoms with Gasteiger partial charge in [-0.1, -0.05) is 51.1 Å². The van der Waals surface area contributed by atoms with E-state index in [1.807, 2.05) is 24.3 Å². The highest BCUT2D eigenvalue weighted by atomic mass is 19.1. The molecule has 0 heterocycles. The summed E-state index contributed by atoms with van der Waals surface area (Å²) in [5.41, 5.74) is 2.73. The van der Waals surface area contributed by atoms with Crippen molar-refractivity contribution in [2.24, 2.45) is 0 Å². The summed E-state index contributed by atoms with van der Waals surface area (Å²) in [6.45, 7) is 7.38. The predicted octanol–water partition coefficient (Wildman–Crippen LogP) is 4.24. The molecule has 3 nitrogen and oxygen atoms in total. The first-order valence-electron chi connectivity index (χ1n) is 8.21. The van der Waals surface area contributed by atoms with Gasteiger partial charge in [-0.2, -0.15) is 0 Å². The molecule has 0 unspecified atom stereocenters. The summed E-state index contributed by atoms with van der Waals surface area (Å²) in [6, 6.07) is 14.5. The topological polar surface area (TPSA) is 41.1 Å². The van der Waals surface area contributed by atoms with Gasteiger partial charge in [0.1, 0.15) is 5.82 Å². The number of benzene rings is 2. The quantitative estimate of drug-likeness (QED) is 0.779. The van der Waals surface area contributed by atoms with E-state index in [4.69, 9.17) is 0 Å². The lowest BCUT2D eigenvalue weighted by atomic mass is 9.87. The Kier molecular flexibility index (Phi) is 6.10. The number of carbonyl (C=O) groups excluding carboxylic acids is 1. The molecule has 2 rings (SSSR count). The Morgan fingerprint density at radius 1 is 1.04 bits per heavy atom. The maximum Gasteiger partial charge on any atom is 0.225 e. The van der Waals surface area contributed by atoms with Gasteiger partial charge in [0.2, 0.25) is 5.91 Å². The van der Waals surface area contributed by atoms with Crippen LogP contribution in [0.5, 0.6) is 0 Å². The first-order valence-corrected chi connectivity index (χ1v) is 8.21. The van der Waals surface area contributed by atoms with Crippen molar-refractivity contribution < 1.29 is 9.18 Å². The summed E-state index contributed by atoms with van der Waals surface area (Å²) < 4.78 is 13.5. The van der Waals surface area contributed by atoms with Gasteiger partial charge < -0.3 is 10.6 Å². The van der Waals surface area contributed by atoms with Crippen molar-refractivity contribution >= 4 is 11.6 Å². The highest BCUT2D eigenvalue weighted by Crippen LogP contribution is 2.23. The minimum Gasteiger partial charge on any atom is -0.326 e. The largest absolute Gasteiger partial charge is 0.326 e. The lowest BCUT2D eigenvalue weighted by Gasteiger charge is -2.19. The Hall–Kier alpha value is -2.20. The van der Waals surface area contributed by atoms with Crippen LogP contribution in [-0.4, -0.2) is 12.5 Å². The van der Waals surface area contributed by atoms with E-state index >= 15 is 0 Å². The summed E-state index contributed by atoms with van der Waals surface area (Å²) >= 11 is 0. The summed E-state index contributed by atoms with van der Waals surface area (Å²) in [4.78, 5) is 11.9. The molecule has 0 aliphatic rings. The molecule has 0 radical (unpaired) electrons. The average molecular weight is 328 g/mol. The Bertz CT molecular complexity index is 675. The van der Waals surface area contributed by atoms with Crippen LogP contribution < -0.4 is 10.6 Å². The number of carbonyl (C=O) groups is 1. The van der Waals surface area contributed by atoms with Crippen LogP contribution in [0.1, 0.15) is 38.3 Å². The third-order valence-corrected chi connectivity index (χ3v) is 3.84. The third-order valence-electron chi connectivity index (χ3n) is 3.84. The Labute approximate surface area is 143 Å². The molecule has 0 spiro atoms. The average Bonchev–Trinajstić information content (AvgIpc) is 2.53. The molecule has 0 aliphatic heterocycles. The molecule has 0 fully saturated rings. The standard InChI is InChI=1S/C20H25FN2O/c1-20(2,3)16-8-10-17(11-9-16)23-19(24)12-13-22-14-15-6-4-5-7-18(15)21/h4-11,22H,12-14H2,1-3H3,(H,23,24). The molecule has 2 aromatic rings. The van der Waals surface area contributed by atoms with Gasteiger partial charge in [-0.3, -0.25) is 4.79 Å². The Morgan fingerprint density at radius 3 is 2.33 bits per heavy atom. The molecule has 2 aromatic carbocycles. The van der Waals surface area contributed by atoms with Gasteiger partial charge in [0.25, 0.3) is 0 Å². The second-order valence-corrected chi connectivity index (χ2v) is 6.89. The maximum atomic E-state index is 13.5. The van der Waals surface area contributed by atoms with Crippen molar-refractivity contribution in [3.8, 4) is 0 Å². The van der Waals surface area contributed by atoms with Crippen LogP contribution in [0.15, 0.2) is 48.5 Å². The normalized spacial score (nSPS) is 11.3. The number of hydrogen-bond donors (Lipinski definition) is 2. The van der Waals surface area contributed by atoms with Crippen LogP contribution in [0.3, 0.4) is 0 Å². The molecule has 24 heavy (non-hydrogen) atoms. The SMILES string of the molecule is CC(C)(C)c1ccc(NC(=O)CCNCc2ccccc2F)cc1. The van der Waals surface area contributed by atoms with Crippen LogP contribution in [0.2, 0.25) is 0 Å². The van der Waals surface area contributed by atoms with E-state index in [2.05, 4.69) is 31.4 Å². The molecule has 0 aromatic heterocycles. The fraction of sp³-hybridized carbons (Fsp3) is 0.350. The van der Waals surface area contributed by atoms with Crippen molar-refractivity contribution in [3.63, 3.8) is 0 Å². The molecule has 0 aliphatic carbocycles. The highest BCUT2D eigenvalue weighted by molar-refractivity contribution is 5.90. The molecule has 4 heteroatoms. The van der Waals surface area contributed by atoms with Crippen molar-refractivity contribution in [3.05, 3.63) is 65.5 Å². The molecule has 128 valence electrons. The summed E-state index contributed by atoms with van der Waals surface area (Å²) in [7, 11) is 0. The zero-order valence-corrected chi connectivity index (χ0v) is 14.5. The van der Waals surface area contributed by atoms with Crippen molar-refractivity contribution in [2.45, 2.75) is 39.2 Å². The third kappa shape index (κ3) is 5.46. The maximum absolute atomic E-state index is 13.5. The van der Waals surface area contributed by atoms with Crippen LogP contribution >= 0.6 is 0 Å². The first-order chi connectivity index (χ1) is 11.4. The van der Waals surface area contributed by atoms with Crippen LogP contribution in [0, 0.1) is 5.82 Å². The van der Waals surface area contributed by atoms with E-state index in [1.54, 1.807) is 18.2 Å². The van der Waals surface area contributed by atoms with Crippen LogP contribution in [-0.2, 0) is 16.8 Å². The molecular formula is C20H25FN2O. The lowest BCUT2D eigenvalue weighted by Crippen LogP contribution is -2.22. The fourth-order valence-corrected chi connectivity index (χ4v) is 2.34. The second-order valence-electron chi connectivity index (χ2n) is 6.89. The van der Waals surface area contributed by atoms with E-state index in [0.717, 1.165) is 5.69 Å². The molecular weight excluding hydrogens is 303 g/mol. The van der Waals surface area contributed by atoms with Gasteiger partial charge in [0, 0.05) is 30.8 Å². The summed E-state index contributed by atoms with van der Waals surface area (Å²) in [6.07, 6.45) is 0.343. The highest BCUT2D eigenvalue weighted by Gasteiger charge is 2.13. The van der Waals surface area contributed by atoms with E-state index in [9.17, 15) is 9.18 Å². The zero-order valence-electron chi connectivity index (χ0n) is 14.5.